The van der Waals surface area contributed by atoms with Gasteiger partial charge < -0.3 is 10.1 Å². The molecule has 106 valence electrons. The second-order valence-corrected chi connectivity index (χ2v) is 5.31. The highest BCUT2D eigenvalue weighted by molar-refractivity contribution is 9.10. The lowest BCUT2D eigenvalue weighted by atomic mass is 10.2. The zero-order valence-corrected chi connectivity index (χ0v) is 13.3. The Hall–Kier alpha value is -1.62. The molecule has 0 radical (unpaired) electrons. The third-order valence-corrected chi connectivity index (χ3v) is 3.68. The van der Waals surface area contributed by atoms with Gasteiger partial charge in [0, 0.05) is 16.6 Å². The van der Waals surface area contributed by atoms with Crippen LogP contribution in [0.25, 0.3) is 0 Å². The van der Waals surface area contributed by atoms with E-state index in [-0.39, 0.29) is 0 Å². The number of ether oxygens (including phenoxy) is 1. The molecule has 1 aromatic carbocycles. The third-order valence-electron chi connectivity index (χ3n) is 2.90. The summed E-state index contributed by atoms with van der Waals surface area (Å²) in [6.45, 7) is 5.45. The fourth-order valence-corrected chi connectivity index (χ4v) is 2.16. The molecule has 0 saturated carbocycles. The highest BCUT2D eigenvalue weighted by Crippen LogP contribution is 2.23. The van der Waals surface area contributed by atoms with Gasteiger partial charge in [-0.3, -0.25) is 0 Å². The van der Waals surface area contributed by atoms with Gasteiger partial charge in [-0.15, -0.1) is 0 Å². The van der Waals surface area contributed by atoms with E-state index in [0.717, 1.165) is 34.4 Å². The summed E-state index contributed by atoms with van der Waals surface area (Å²) in [6, 6.07) is 8.00. The van der Waals surface area contributed by atoms with Crippen molar-refractivity contribution in [2.45, 2.75) is 26.9 Å². The molecule has 1 heterocycles. The average Bonchev–Trinajstić information content (AvgIpc) is 2.46. The molecule has 0 atom stereocenters. The molecule has 0 aliphatic rings. The Morgan fingerprint density at radius 3 is 2.80 bits per heavy atom. The molecule has 0 spiro atoms. The van der Waals surface area contributed by atoms with Crippen LogP contribution in [0.1, 0.15) is 24.5 Å². The van der Waals surface area contributed by atoms with Gasteiger partial charge in [-0.2, -0.15) is 0 Å². The Kier molecular flexibility index (Phi) is 5.35. The predicted molar refractivity (Wildman–Crippen MR) is 84.0 cm³/mol. The van der Waals surface area contributed by atoms with Crippen LogP contribution in [0, 0.1) is 6.92 Å². The van der Waals surface area contributed by atoms with Crippen LogP contribution in [-0.2, 0) is 6.61 Å². The molecular formula is C15H18BrN3O. The maximum atomic E-state index is 5.80. The van der Waals surface area contributed by atoms with E-state index in [1.54, 1.807) is 0 Å². The van der Waals surface area contributed by atoms with E-state index in [1.165, 1.54) is 6.33 Å². The Morgan fingerprint density at radius 2 is 2.05 bits per heavy atom. The topological polar surface area (TPSA) is 47.0 Å². The van der Waals surface area contributed by atoms with E-state index in [2.05, 4.69) is 38.1 Å². The van der Waals surface area contributed by atoms with Gasteiger partial charge in [-0.05, 0) is 19.4 Å². The summed E-state index contributed by atoms with van der Waals surface area (Å²) in [5.41, 5.74) is 2.03. The number of rotatable bonds is 6. The molecule has 0 unspecified atom stereocenters. The molecule has 0 aliphatic heterocycles. The Labute approximate surface area is 127 Å². The first kappa shape index (κ1) is 14.8. The Bertz CT molecular complexity index is 575. The summed E-state index contributed by atoms with van der Waals surface area (Å²) in [5.74, 6) is 1.46. The normalized spacial score (nSPS) is 10.3. The lowest BCUT2D eigenvalue weighted by molar-refractivity contribution is 0.290. The maximum Gasteiger partial charge on any atom is 0.221 e. The standard InChI is InChI=1S/C15H18BrN3O/c1-3-8-17-14-11(2)15(19-10-18-14)20-9-12-6-4-5-7-13(12)16/h4-7,10H,3,8-9H2,1-2H3,(H,17,18,19). The minimum absolute atomic E-state index is 0.479. The van der Waals surface area contributed by atoms with E-state index in [0.29, 0.717) is 12.5 Å². The monoisotopic (exact) mass is 335 g/mol. The molecule has 0 aliphatic carbocycles. The van der Waals surface area contributed by atoms with Gasteiger partial charge in [0.15, 0.2) is 0 Å². The van der Waals surface area contributed by atoms with Gasteiger partial charge >= 0.3 is 0 Å². The minimum atomic E-state index is 0.479. The highest BCUT2D eigenvalue weighted by Gasteiger charge is 2.08. The lowest BCUT2D eigenvalue weighted by Gasteiger charge is -2.12. The molecule has 0 fully saturated rings. The van der Waals surface area contributed by atoms with Crippen molar-refractivity contribution in [2.24, 2.45) is 0 Å². The Balaban J connectivity index is 2.08. The summed E-state index contributed by atoms with van der Waals surface area (Å²) in [5, 5.41) is 3.27. The number of hydrogen-bond donors (Lipinski definition) is 1. The summed E-state index contributed by atoms with van der Waals surface area (Å²) in [6.07, 6.45) is 2.58. The molecule has 0 saturated heterocycles. The first-order valence-corrected chi connectivity index (χ1v) is 7.43. The van der Waals surface area contributed by atoms with Crippen molar-refractivity contribution in [3.8, 4) is 5.88 Å². The van der Waals surface area contributed by atoms with Crippen molar-refractivity contribution in [2.75, 3.05) is 11.9 Å². The van der Waals surface area contributed by atoms with Gasteiger partial charge in [-0.1, -0.05) is 41.1 Å². The maximum absolute atomic E-state index is 5.80. The van der Waals surface area contributed by atoms with Crippen molar-refractivity contribution in [3.63, 3.8) is 0 Å². The fourth-order valence-electron chi connectivity index (χ4n) is 1.76. The molecule has 0 amide bonds. The van der Waals surface area contributed by atoms with Gasteiger partial charge in [0.2, 0.25) is 5.88 Å². The SMILES string of the molecule is CCCNc1ncnc(OCc2ccccc2Br)c1C. The molecule has 2 aromatic rings. The van der Waals surface area contributed by atoms with Crippen molar-refractivity contribution in [3.05, 3.63) is 46.2 Å². The molecule has 2 rings (SSSR count). The van der Waals surface area contributed by atoms with Crippen LogP contribution >= 0.6 is 15.9 Å². The quantitative estimate of drug-likeness (QED) is 0.868. The molecule has 1 aromatic heterocycles. The van der Waals surface area contributed by atoms with Crippen LogP contribution in [0.15, 0.2) is 35.1 Å². The van der Waals surface area contributed by atoms with Crippen LogP contribution in [0.4, 0.5) is 5.82 Å². The van der Waals surface area contributed by atoms with Crippen LogP contribution in [-0.4, -0.2) is 16.5 Å². The smallest absolute Gasteiger partial charge is 0.221 e. The molecular weight excluding hydrogens is 318 g/mol. The molecule has 5 heteroatoms. The fraction of sp³-hybridized carbons (Fsp3) is 0.333. The molecule has 4 nitrogen and oxygen atoms in total. The number of anilines is 1. The zero-order chi connectivity index (χ0) is 14.4. The van der Waals surface area contributed by atoms with Crippen molar-refractivity contribution >= 4 is 21.7 Å². The van der Waals surface area contributed by atoms with Crippen LogP contribution in [0.5, 0.6) is 5.88 Å². The molecule has 1 N–H and O–H groups in total. The number of hydrogen-bond acceptors (Lipinski definition) is 4. The van der Waals surface area contributed by atoms with Crippen LogP contribution in [0.2, 0.25) is 0 Å². The van der Waals surface area contributed by atoms with Crippen molar-refractivity contribution in [1.82, 2.24) is 9.97 Å². The number of halogens is 1. The zero-order valence-electron chi connectivity index (χ0n) is 11.7. The van der Waals surface area contributed by atoms with E-state index >= 15 is 0 Å². The summed E-state index contributed by atoms with van der Waals surface area (Å²) < 4.78 is 6.84. The van der Waals surface area contributed by atoms with Crippen molar-refractivity contribution in [1.29, 1.82) is 0 Å². The van der Waals surface area contributed by atoms with E-state index < -0.39 is 0 Å². The summed E-state index contributed by atoms with van der Waals surface area (Å²) >= 11 is 3.51. The number of nitrogens with one attached hydrogen (secondary N) is 1. The highest BCUT2D eigenvalue weighted by atomic mass is 79.9. The van der Waals surface area contributed by atoms with Crippen LogP contribution in [0.3, 0.4) is 0 Å². The predicted octanol–water partition coefficient (Wildman–Crippen LogP) is 3.95. The van der Waals surface area contributed by atoms with Gasteiger partial charge in [0.05, 0.1) is 5.56 Å². The largest absolute Gasteiger partial charge is 0.472 e. The van der Waals surface area contributed by atoms with Gasteiger partial charge in [-0.25, -0.2) is 9.97 Å². The molecule has 0 bridgehead atoms. The average molecular weight is 336 g/mol. The molecule has 20 heavy (non-hydrogen) atoms. The minimum Gasteiger partial charge on any atom is -0.472 e. The number of benzene rings is 1. The first-order chi connectivity index (χ1) is 9.72. The number of aromatic nitrogens is 2. The lowest BCUT2D eigenvalue weighted by Crippen LogP contribution is -2.07. The van der Waals surface area contributed by atoms with Crippen molar-refractivity contribution < 1.29 is 4.74 Å². The second kappa shape index (κ2) is 7.24. The first-order valence-electron chi connectivity index (χ1n) is 6.64. The van der Waals surface area contributed by atoms with E-state index in [9.17, 15) is 0 Å². The number of nitrogens with zero attached hydrogens (tertiary/aromatic N) is 2. The van der Waals surface area contributed by atoms with Crippen LogP contribution < -0.4 is 10.1 Å². The summed E-state index contributed by atoms with van der Waals surface area (Å²) in [7, 11) is 0. The van der Waals surface area contributed by atoms with E-state index in [1.807, 2.05) is 31.2 Å². The van der Waals surface area contributed by atoms with Gasteiger partial charge in [0.1, 0.15) is 18.8 Å². The van der Waals surface area contributed by atoms with Gasteiger partial charge in [0.25, 0.3) is 0 Å². The summed E-state index contributed by atoms with van der Waals surface area (Å²) in [4.78, 5) is 8.44. The second-order valence-electron chi connectivity index (χ2n) is 4.46. The third kappa shape index (κ3) is 3.70. The Morgan fingerprint density at radius 1 is 1.25 bits per heavy atom. The van der Waals surface area contributed by atoms with E-state index in [4.69, 9.17) is 4.74 Å².